The Morgan fingerprint density at radius 1 is 1.03 bits per heavy atom. The van der Waals surface area contributed by atoms with E-state index in [2.05, 4.69) is 6.92 Å². The summed E-state index contributed by atoms with van der Waals surface area (Å²) in [5, 5.41) is 0. The number of carbonyl (C=O) groups excluding carboxylic acids is 3. The van der Waals surface area contributed by atoms with Gasteiger partial charge in [0.05, 0.1) is 19.1 Å². The topological polar surface area (TPSA) is 76.2 Å². The van der Waals surface area contributed by atoms with Crippen molar-refractivity contribution in [3.8, 4) is 0 Å². The van der Waals surface area contributed by atoms with Crippen LogP contribution >= 0.6 is 0 Å². The van der Waals surface area contributed by atoms with Gasteiger partial charge in [-0.15, -0.1) is 0 Å². The van der Waals surface area contributed by atoms with Crippen molar-refractivity contribution < 1.29 is 23.9 Å². The number of carbonyl (C=O) groups is 3. The maximum Gasteiger partial charge on any atom is 0.309 e. The van der Waals surface area contributed by atoms with Crippen molar-refractivity contribution in [2.75, 3.05) is 26.3 Å². The Bertz CT molecular complexity index is 854. The number of esters is 1. The zero-order valence-electron chi connectivity index (χ0n) is 19.9. The standard InChI is InChI=1S/C26H36N2O5/c1-3-19-8-10-20(11-9-19)23(29)28-22(18-33-26(28)14-6-5-7-15-26)24(30)27-16-12-21(13-17-27)25(31)32-4-2/h8-11,21-22H,3-7,12-18H2,1-2H3. The highest BCUT2D eigenvalue weighted by molar-refractivity contribution is 5.98. The molecule has 1 aromatic carbocycles. The van der Waals surface area contributed by atoms with E-state index in [1.165, 1.54) is 5.56 Å². The molecule has 7 nitrogen and oxygen atoms in total. The average molecular weight is 457 g/mol. The summed E-state index contributed by atoms with van der Waals surface area (Å²) in [4.78, 5) is 43.0. The van der Waals surface area contributed by atoms with Gasteiger partial charge < -0.3 is 14.4 Å². The Morgan fingerprint density at radius 3 is 2.30 bits per heavy atom. The number of ether oxygens (including phenoxy) is 2. The maximum atomic E-state index is 13.7. The summed E-state index contributed by atoms with van der Waals surface area (Å²) in [6.45, 7) is 5.49. The molecule has 1 unspecified atom stereocenters. The Balaban J connectivity index is 1.53. The predicted molar refractivity (Wildman–Crippen MR) is 123 cm³/mol. The van der Waals surface area contributed by atoms with Crippen LogP contribution < -0.4 is 0 Å². The minimum atomic E-state index is -0.692. The van der Waals surface area contributed by atoms with Crippen LogP contribution in [0.3, 0.4) is 0 Å². The van der Waals surface area contributed by atoms with Gasteiger partial charge in [0.25, 0.3) is 5.91 Å². The van der Waals surface area contributed by atoms with E-state index in [-0.39, 0.29) is 30.3 Å². The summed E-state index contributed by atoms with van der Waals surface area (Å²) in [5.74, 6) is -0.536. The summed E-state index contributed by atoms with van der Waals surface area (Å²) in [7, 11) is 0. The van der Waals surface area contributed by atoms with E-state index in [1.54, 1.807) is 16.7 Å². The zero-order chi connectivity index (χ0) is 23.4. The van der Waals surface area contributed by atoms with Crippen LogP contribution in [0.15, 0.2) is 24.3 Å². The number of hydrogen-bond donors (Lipinski definition) is 0. The van der Waals surface area contributed by atoms with Crippen LogP contribution in [-0.4, -0.2) is 65.7 Å². The number of piperidine rings is 1. The molecule has 0 N–H and O–H groups in total. The van der Waals surface area contributed by atoms with Gasteiger partial charge in [-0.1, -0.05) is 25.5 Å². The number of nitrogens with zero attached hydrogens (tertiary/aromatic N) is 2. The number of benzene rings is 1. The van der Waals surface area contributed by atoms with Crippen molar-refractivity contribution in [1.82, 2.24) is 9.80 Å². The minimum Gasteiger partial charge on any atom is -0.466 e. The second-order valence-electron chi connectivity index (χ2n) is 9.41. The van der Waals surface area contributed by atoms with E-state index in [4.69, 9.17) is 9.47 Å². The normalized spacial score (nSPS) is 23.0. The van der Waals surface area contributed by atoms with E-state index in [1.807, 2.05) is 24.3 Å². The van der Waals surface area contributed by atoms with E-state index >= 15 is 0 Å². The quantitative estimate of drug-likeness (QED) is 0.634. The Hall–Kier alpha value is -2.41. The highest BCUT2D eigenvalue weighted by Gasteiger charge is 2.53. The van der Waals surface area contributed by atoms with Crippen LogP contribution in [0.1, 0.15) is 74.7 Å². The summed E-state index contributed by atoms with van der Waals surface area (Å²) in [5.41, 5.74) is 1.08. The van der Waals surface area contributed by atoms with E-state index in [9.17, 15) is 14.4 Å². The molecule has 4 rings (SSSR count). The van der Waals surface area contributed by atoms with Gasteiger partial charge in [0.2, 0.25) is 5.91 Å². The summed E-state index contributed by atoms with van der Waals surface area (Å²) in [6, 6.07) is 7.06. The molecule has 2 amide bonds. The Morgan fingerprint density at radius 2 is 1.70 bits per heavy atom. The smallest absolute Gasteiger partial charge is 0.309 e. The lowest BCUT2D eigenvalue weighted by atomic mass is 9.89. The first-order valence-electron chi connectivity index (χ1n) is 12.5. The third kappa shape index (κ3) is 4.79. The van der Waals surface area contributed by atoms with Crippen LogP contribution in [0.2, 0.25) is 0 Å². The molecule has 33 heavy (non-hydrogen) atoms. The Labute approximate surface area is 196 Å². The number of rotatable bonds is 5. The molecule has 3 aliphatic rings. The number of likely N-dealkylation sites (tertiary alicyclic amines) is 1. The fourth-order valence-electron chi connectivity index (χ4n) is 5.49. The molecule has 3 fully saturated rings. The molecule has 2 aliphatic heterocycles. The van der Waals surface area contributed by atoms with Crippen molar-refractivity contribution in [2.24, 2.45) is 5.92 Å². The lowest BCUT2D eigenvalue weighted by Crippen LogP contribution is -2.57. The third-order valence-electron chi connectivity index (χ3n) is 7.43. The summed E-state index contributed by atoms with van der Waals surface area (Å²) < 4.78 is 11.4. The first-order valence-corrected chi connectivity index (χ1v) is 12.5. The molecule has 2 heterocycles. The van der Waals surface area contributed by atoms with Gasteiger partial charge in [-0.3, -0.25) is 19.3 Å². The SMILES string of the molecule is CCOC(=O)C1CCN(C(=O)C2COC3(CCCCC3)N2C(=O)c2ccc(CC)cc2)CC1. The maximum absolute atomic E-state index is 13.7. The molecule has 2 saturated heterocycles. The first kappa shape index (κ1) is 23.7. The molecule has 0 aromatic heterocycles. The van der Waals surface area contributed by atoms with Crippen LogP contribution in [-0.2, 0) is 25.5 Å². The van der Waals surface area contributed by atoms with Gasteiger partial charge >= 0.3 is 5.97 Å². The first-order chi connectivity index (χ1) is 16.0. The van der Waals surface area contributed by atoms with E-state index < -0.39 is 11.8 Å². The lowest BCUT2D eigenvalue weighted by molar-refractivity contribution is -0.151. The predicted octanol–water partition coefficient (Wildman–Crippen LogP) is 3.55. The minimum absolute atomic E-state index is 0.0710. The fraction of sp³-hybridized carbons (Fsp3) is 0.654. The van der Waals surface area contributed by atoms with E-state index in [0.29, 0.717) is 38.1 Å². The molecule has 1 aromatic rings. The molecule has 1 spiro atoms. The third-order valence-corrected chi connectivity index (χ3v) is 7.43. The fourth-order valence-corrected chi connectivity index (χ4v) is 5.49. The molecule has 7 heteroatoms. The van der Waals surface area contributed by atoms with Gasteiger partial charge in [0, 0.05) is 18.7 Å². The lowest BCUT2D eigenvalue weighted by Gasteiger charge is -2.42. The van der Waals surface area contributed by atoms with Gasteiger partial charge in [-0.2, -0.15) is 0 Å². The zero-order valence-corrected chi connectivity index (χ0v) is 19.9. The largest absolute Gasteiger partial charge is 0.466 e. The van der Waals surface area contributed by atoms with Crippen LogP contribution in [0.25, 0.3) is 0 Å². The van der Waals surface area contributed by atoms with Crippen molar-refractivity contribution >= 4 is 17.8 Å². The van der Waals surface area contributed by atoms with Crippen LogP contribution in [0.5, 0.6) is 0 Å². The number of amides is 2. The van der Waals surface area contributed by atoms with Crippen molar-refractivity contribution in [3.05, 3.63) is 35.4 Å². The number of hydrogen-bond acceptors (Lipinski definition) is 5. The molecule has 0 radical (unpaired) electrons. The van der Waals surface area contributed by atoms with Crippen LogP contribution in [0.4, 0.5) is 0 Å². The molecule has 180 valence electrons. The molecular weight excluding hydrogens is 420 g/mol. The van der Waals surface area contributed by atoms with Crippen molar-refractivity contribution in [1.29, 1.82) is 0 Å². The molecular formula is C26H36N2O5. The van der Waals surface area contributed by atoms with Gasteiger partial charge in [-0.25, -0.2) is 0 Å². The molecule has 1 atom stereocenters. The van der Waals surface area contributed by atoms with Gasteiger partial charge in [0.15, 0.2) is 0 Å². The second-order valence-corrected chi connectivity index (χ2v) is 9.41. The van der Waals surface area contributed by atoms with Gasteiger partial charge in [-0.05, 0) is 69.6 Å². The molecule has 1 saturated carbocycles. The monoisotopic (exact) mass is 456 g/mol. The van der Waals surface area contributed by atoms with Gasteiger partial charge in [0.1, 0.15) is 11.8 Å². The molecule has 1 aliphatic carbocycles. The summed E-state index contributed by atoms with van der Waals surface area (Å²) >= 11 is 0. The molecule has 0 bridgehead atoms. The highest BCUT2D eigenvalue weighted by Crippen LogP contribution is 2.42. The second kappa shape index (κ2) is 10.2. The summed E-state index contributed by atoms with van der Waals surface area (Å²) in [6.07, 6.45) is 6.73. The van der Waals surface area contributed by atoms with Crippen LogP contribution in [0, 0.1) is 5.92 Å². The van der Waals surface area contributed by atoms with Crippen molar-refractivity contribution in [3.63, 3.8) is 0 Å². The highest BCUT2D eigenvalue weighted by atomic mass is 16.5. The van der Waals surface area contributed by atoms with E-state index in [0.717, 1.165) is 38.5 Å². The number of aryl methyl sites for hydroxylation is 1. The Kier molecular flexibility index (Phi) is 7.37. The van der Waals surface area contributed by atoms with Crippen molar-refractivity contribution in [2.45, 2.75) is 77.0 Å². The average Bonchev–Trinajstić information content (AvgIpc) is 3.21.